The summed E-state index contributed by atoms with van der Waals surface area (Å²) >= 11 is 0. The van der Waals surface area contributed by atoms with Gasteiger partial charge in [0.25, 0.3) is 0 Å². The number of hydrogen-bond acceptors (Lipinski definition) is 8. The number of hydrogen-bond donors (Lipinski definition) is 0. The Balaban J connectivity index is 1.85. The van der Waals surface area contributed by atoms with Crippen molar-refractivity contribution in [2.45, 2.75) is 56.7 Å². The molecule has 4 rings (SSSR count). The van der Waals surface area contributed by atoms with E-state index in [1.54, 1.807) is 45.1 Å². The first-order valence-corrected chi connectivity index (χ1v) is 10.6. The summed E-state index contributed by atoms with van der Waals surface area (Å²) in [6.45, 7) is 5.07. The van der Waals surface area contributed by atoms with Gasteiger partial charge >= 0.3 is 5.97 Å². The predicted molar refractivity (Wildman–Crippen MR) is 115 cm³/mol. The van der Waals surface area contributed by atoms with Gasteiger partial charge in [-0.2, -0.15) is 0 Å². The highest BCUT2D eigenvalue weighted by Crippen LogP contribution is 2.57. The Morgan fingerprint density at radius 1 is 1.18 bits per heavy atom. The van der Waals surface area contributed by atoms with Crippen LogP contribution in [0.3, 0.4) is 0 Å². The van der Waals surface area contributed by atoms with Crippen molar-refractivity contribution >= 4 is 17.8 Å². The van der Waals surface area contributed by atoms with E-state index in [1.807, 2.05) is 0 Å². The molecule has 0 spiro atoms. The highest BCUT2D eigenvalue weighted by Gasteiger charge is 2.75. The Morgan fingerprint density at radius 2 is 1.94 bits per heavy atom. The van der Waals surface area contributed by atoms with Gasteiger partial charge in [-0.1, -0.05) is 6.08 Å². The fourth-order valence-corrected chi connectivity index (χ4v) is 4.27. The normalized spacial score (nSPS) is 33.0. The highest BCUT2D eigenvalue weighted by molar-refractivity contribution is 5.99. The third kappa shape index (κ3) is 4.05. The van der Waals surface area contributed by atoms with E-state index < -0.39 is 47.1 Å². The Kier molecular flexibility index (Phi) is 6.07. The molecule has 9 heteroatoms. The average Bonchev–Trinajstić information content (AvgIpc) is 3.48. The molecular weight excluding hydrogens is 435 g/mol. The van der Waals surface area contributed by atoms with Crippen molar-refractivity contribution < 1.29 is 42.4 Å². The maximum Gasteiger partial charge on any atom is 0.342 e. The number of carbonyl (C=O) groups excluding carboxylic acids is 2. The first-order chi connectivity index (χ1) is 15.6. The van der Waals surface area contributed by atoms with E-state index in [4.69, 9.17) is 28.4 Å². The van der Waals surface area contributed by atoms with Gasteiger partial charge < -0.3 is 28.4 Å². The SMILES string of the molecule is COCOc1cc(OC)cc2c1C(=O)O[C@@H](C)C/C=C(/F)C(=O)[C@H]1OC(C)(C)C3(/C=C/2)O[C@H]13. The topological polar surface area (TPSA) is 92.8 Å². The summed E-state index contributed by atoms with van der Waals surface area (Å²) in [5.41, 5.74) is -1.24. The van der Waals surface area contributed by atoms with Crippen molar-refractivity contribution in [1.82, 2.24) is 0 Å². The molecule has 1 unspecified atom stereocenters. The molecule has 3 heterocycles. The van der Waals surface area contributed by atoms with Gasteiger partial charge in [0.2, 0.25) is 5.78 Å². The predicted octanol–water partition coefficient (Wildman–Crippen LogP) is 3.38. The minimum atomic E-state index is -1.06. The molecule has 3 aliphatic rings. The summed E-state index contributed by atoms with van der Waals surface area (Å²) in [5, 5.41) is 0. The zero-order chi connectivity index (χ0) is 24.0. The van der Waals surface area contributed by atoms with Crippen LogP contribution in [0.1, 0.15) is 43.1 Å². The molecule has 0 radical (unpaired) electrons. The van der Waals surface area contributed by atoms with E-state index in [-0.39, 0.29) is 24.5 Å². The molecule has 0 aliphatic carbocycles. The molecule has 33 heavy (non-hydrogen) atoms. The van der Waals surface area contributed by atoms with Crippen LogP contribution in [0.25, 0.3) is 6.08 Å². The summed E-state index contributed by atoms with van der Waals surface area (Å²) < 4.78 is 47.9. The van der Waals surface area contributed by atoms with Crippen LogP contribution in [0, 0.1) is 0 Å². The molecule has 0 amide bonds. The van der Waals surface area contributed by atoms with Crippen molar-refractivity contribution in [2.24, 2.45) is 0 Å². The van der Waals surface area contributed by atoms with Gasteiger partial charge in [-0.05, 0) is 44.6 Å². The lowest BCUT2D eigenvalue weighted by Gasteiger charge is -2.27. The molecule has 178 valence electrons. The molecule has 0 aromatic heterocycles. The number of ketones is 1. The standard InChI is InChI=1S/C24H27FO8/c1-13-6-7-16(25)19(26)20-21-24(33-21,23(2,3)32-20)9-8-14-10-15(29-5)11-17(30-12-28-4)18(14)22(27)31-13/h7-11,13,20-21H,6,12H2,1-5H3/b9-8+,16-7+/t13-,20+,21+,24?/m0/s1. The van der Waals surface area contributed by atoms with Crippen LogP contribution in [0.5, 0.6) is 11.5 Å². The van der Waals surface area contributed by atoms with Crippen molar-refractivity contribution in [3.8, 4) is 11.5 Å². The Hall–Kier alpha value is -2.75. The molecular formula is C24H27FO8. The second kappa shape index (κ2) is 8.55. The van der Waals surface area contributed by atoms with Crippen molar-refractivity contribution in [1.29, 1.82) is 0 Å². The lowest BCUT2D eigenvalue weighted by Crippen LogP contribution is -2.38. The number of halogens is 1. The molecule has 0 saturated carbocycles. The number of ether oxygens (including phenoxy) is 6. The van der Waals surface area contributed by atoms with E-state index in [0.29, 0.717) is 11.3 Å². The number of epoxide rings is 1. The van der Waals surface area contributed by atoms with E-state index >= 15 is 0 Å². The van der Waals surface area contributed by atoms with Crippen LogP contribution in [0.15, 0.2) is 30.1 Å². The molecule has 0 N–H and O–H groups in total. The van der Waals surface area contributed by atoms with Gasteiger partial charge in [0.1, 0.15) is 34.9 Å². The smallest absolute Gasteiger partial charge is 0.342 e. The fraction of sp³-hybridized carbons (Fsp3) is 0.500. The van der Waals surface area contributed by atoms with E-state index in [1.165, 1.54) is 14.2 Å². The first-order valence-electron chi connectivity index (χ1n) is 10.6. The molecule has 2 fully saturated rings. The van der Waals surface area contributed by atoms with Gasteiger partial charge in [0.15, 0.2) is 18.7 Å². The highest BCUT2D eigenvalue weighted by atomic mass is 19.1. The zero-order valence-corrected chi connectivity index (χ0v) is 19.2. The Morgan fingerprint density at radius 3 is 2.61 bits per heavy atom. The summed E-state index contributed by atoms with van der Waals surface area (Å²) in [6, 6.07) is 3.23. The molecule has 1 aromatic rings. The number of rotatable bonds is 4. The van der Waals surface area contributed by atoms with Crippen LogP contribution < -0.4 is 9.47 Å². The molecule has 3 aliphatic heterocycles. The lowest BCUT2D eigenvalue weighted by atomic mass is 9.87. The Labute approximate surface area is 191 Å². The van der Waals surface area contributed by atoms with Crippen LogP contribution >= 0.6 is 0 Å². The summed E-state index contributed by atoms with van der Waals surface area (Å²) in [7, 11) is 2.96. The van der Waals surface area contributed by atoms with Gasteiger partial charge in [0.05, 0.1) is 12.7 Å². The van der Waals surface area contributed by atoms with Crippen molar-refractivity contribution in [2.75, 3.05) is 21.0 Å². The van der Waals surface area contributed by atoms with Gasteiger partial charge in [-0.15, -0.1) is 0 Å². The fourth-order valence-electron chi connectivity index (χ4n) is 4.27. The van der Waals surface area contributed by atoms with E-state index in [9.17, 15) is 14.0 Å². The third-order valence-corrected chi connectivity index (χ3v) is 6.14. The number of benzene rings is 1. The second-order valence-corrected chi connectivity index (χ2v) is 8.72. The lowest BCUT2D eigenvalue weighted by molar-refractivity contribution is -0.143. The van der Waals surface area contributed by atoms with Crippen LogP contribution in [0.2, 0.25) is 0 Å². The van der Waals surface area contributed by atoms with E-state index in [0.717, 1.165) is 6.08 Å². The molecule has 2 bridgehead atoms. The first kappa shape index (κ1) is 23.4. The van der Waals surface area contributed by atoms with Crippen LogP contribution in [-0.2, 0) is 23.7 Å². The summed E-state index contributed by atoms with van der Waals surface area (Å²) in [4.78, 5) is 25.8. The number of methoxy groups -OCH3 is 2. The second-order valence-electron chi connectivity index (χ2n) is 8.72. The van der Waals surface area contributed by atoms with Crippen LogP contribution in [0.4, 0.5) is 4.39 Å². The average molecular weight is 462 g/mol. The van der Waals surface area contributed by atoms with E-state index in [2.05, 4.69) is 0 Å². The van der Waals surface area contributed by atoms with Gasteiger partial charge in [-0.25, -0.2) is 9.18 Å². The Bertz CT molecular complexity index is 1030. The number of carbonyl (C=O) groups is 2. The maximum atomic E-state index is 14.6. The van der Waals surface area contributed by atoms with Crippen molar-refractivity contribution in [3.63, 3.8) is 0 Å². The third-order valence-electron chi connectivity index (χ3n) is 6.14. The summed E-state index contributed by atoms with van der Waals surface area (Å²) in [5.74, 6) is -1.73. The molecule has 4 atom stereocenters. The quantitative estimate of drug-likeness (QED) is 0.382. The minimum Gasteiger partial charge on any atom is -0.497 e. The zero-order valence-electron chi connectivity index (χ0n) is 19.2. The van der Waals surface area contributed by atoms with Gasteiger partial charge in [0, 0.05) is 19.6 Å². The maximum absolute atomic E-state index is 14.6. The van der Waals surface area contributed by atoms with Crippen LogP contribution in [-0.4, -0.2) is 62.3 Å². The summed E-state index contributed by atoms with van der Waals surface area (Å²) in [6.07, 6.45) is 2.12. The number of fused-ring (bicyclic) bond motifs is 1. The number of Topliss-reactive ketones (excluding diaryl/α,β-unsaturated/α-hetero) is 1. The number of esters is 1. The van der Waals surface area contributed by atoms with Gasteiger partial charge in [-0.3, -0.25) is 4.79 Å². The minimum absolute atomic E-state index is 0.00564. The number of cyclic esters (lactones) is 1. The molecule has 1 aromatic carbocycles. The van der Waals surface area contributed by atoms with Crippen molar-refractivity contribution in [3.05, 3.63) is 41.2 Å². The monoisotopic (exact) mass is 462 g/mol. The molecule has 8 nitrogen and oxygen atoms in total. The largest absolute Gasteiger partial charge is 0.497 e. The molecule has 2 saturated heterocycles.